The first-order valence-corrected chi connectivity index (χ1v) is 5.36. The van der Waals surface area contributed by atoms with Gasteiger partial charge in [-0.2, -0.15) is 13.2 Å². The Bertz CT molecular complexity index is 573. The summed E-state index contributed by atoms with van der Waals surface area (Å²) in [5.74, 6) is 0.0724. The molecular weight excluding hydrogens is 241 g/mol. The molecule has 4 heteroatoms. The third kappa shape index (κ3) is 2.32. The van der Waals surface area contributed by atoms with Gasteiger partial charge < -0.3 is 5.11 Å². The van der Waals surface area contributed by atoms with Crippen molar-refractivity contribution in [3.05, 3.63) is 53.6 Å². The Kier molecular flexibility index (Phi) is 3.03. The Balaban J connectivity index is 2.61. The molecule has 0 aliphatic heterocycles. The van der Waals surface area contributed by atoms with Crippen molar-refractivity contribution in [2.24, 2.45) is 0 Å². The summed E-state index contributed by atoms with van der Waals surface area (Å²) >= 11 is 0. The first kappa shape index (κ1) is 12.5. The normalized spacial score (nSPS) is 11.6. The molecule has 0 aliphatic carbocycles. The molecule has 0 atom stereocenters. The molecule has 0 spiro atoms. The smallest absolute Gasteiger partial charge is 0.417 e. The molecule has 0 saturated carbocycles. The number of hydrogen-bond acceptors (Lipinski definition) is 1. The molecule has 94 valence electrons. The highest BCUT2D eigenvalue weighted by Gasteiger charge is 2.33. The second-order valence-electron chi connectivity index (χ2n) is 4.04. The van der Waals surface area contributed by atoms with Crippen LogP contribution in [0.1, 0.15) is 11.1 Å². The van der Waals surface area contributed by atoms with Crippen LogP contribution >= 0.6 is 0 Å². The quantitative estimate of drug-likeness (QED) is 0.798. The first-order valence-electron chi connectivity index (χ1n) is 5.36. The van der Waals surface area contributed by atoms with Crippen LogP contribution in [0.2, 0.25) is 0 Å². The van der Waals surface area contributed by atoms with Crippen molar-refractivity contribution in [3.8, 4) is 16.9 Å². The third-order valence-corrected chi connectivity index (χ3v) is 2.74. The number of hydrogen-bond donors (Lipinski definition) is 1. The van der Waals surface area contributed by atoms with E-state index in [1.54, 1.807) is 19.1 Å². The molecule has 1 N–H and O–H groups in total. The fourth-order valence-electron chi connectivity index (χ4n) is 1.81. The third-order valence-electron chi connectivity index (χ3n) is 2.74. The fourth-order valence-corrected chi connectivity index (χ4v) is 1.81. The van der Waals surface area contributed by atoms with Crippen molar-refractivity contribution in [2.45, 2.75) is 13.1 Å². The van der Waals surface area contributed by atoms with Crippen molar-refractivity contribution in [1.82, 2.24) is 0 Å². The van der Waals surface area contributed by atoms with E-state index in [1.807, 2.05) is 0 Å². The largest absolute Gasteiger partial charge is 0.508 e. The lowest BCUT2D eigenvalue weighted by molar-refractivity contribution is -0.137. The Morgan fingerprint density at radius 3 is 2.28 bits per heavy atom. The maximum absolute atomic E-state index is 12.9. The van der Waals surface area contributed by atoms with Gasteiger partial charge in [0.15, 0.2) is 0 Å². The van der Waals surface area contributed by atoms with Gasteiger partial charge in [0, 0.05) is 0 Å². The van der Waals surface area contributed by atoms with Crippen LogP contribution < -0.4 is 0 Å². The van der Waals surface area contributed by atoms with E-state index >= 15 is 0 Å². The van der Waals surface area contributed by atoms with Gasteiger partial charge in [0.1, 0.15) is 5.75 Å². The molecule has 2 aromatic carbocycles. The number of aryl methyl sites for hydroxylation is 1. The molecule has 0 bridgehead atoms. The summed E-state index contributed by atoms with van der Waals surface area (Å²) in [5, 5.41) is 9.40. The molecule has 0 amide bonds. The van der Waals surface area contributed by atoms with Crippen LogP contribution in [-0.4, -0.2) is 5.11 Å². The minimum absolute atomic E-state index is 0.0724. The second kappa shape index (κ2) is 4.37. The Labute approximate surface area is 103 Å². The van der Waals surface area contributed by atoms with Crippen molar-refractivity contribution in [1.29, 1.82) is 0 Å². The highest BCUT2D eigenvalue weighted by Crippen LogP contribution is 2.37. The van der Waals surface area contributed by atoms with Crippen LogP contribution in [0.25, 0.3) is 11.1 Å². The van der Waals surface area contributed by atoms with Gasteiger partial charge in [-0.05, 0) is 41.8 Å². The van der Waals surface area contributed by atoms with Crippen LogP contribution in [0, 0.1) is 6.92 Å². The molecule has 0 saturated heterocycles. The minimum Gasteiger partial charge on any atom is -0.508 e. The first-order chi connectivity index (χ1) is 8.39. The van der Waals surface area contributed by atoms with E-state index in [0.717, 1.165) is 6.07 Å². The summed E-state index contributed by atoms with van der Waals surface area (Å²) in [6.45, 7) is 1.65. The van der Waals surface area contributed by atoms with Crippen molar-refractivity contribution in [2.75, 3.05) is 0 Å². The summed E-state index contributed by atoms with van der Waals surface area (Å²) in [6, 6.07) is 9.82. The molecule has 2 rings (SSSR count). The van der Waals surface area contributed by atoms with Crippen LogP contribution in [0.3, 0.4) is 0 Å². The molecule has 0 aliphatic rings. The predicted molar refractivity (Wildman–Crippen MR) is 63.3 cm³/mol. The SMILES string of the molecule is Cc1cc(-c2ccccc2C(F)(F)F)ccc1O. The lowest BCUT2D eigenvalue weighted by Crippen LogP contribution is -2.06. The zero-order chi connectivity index (χ0) is 13.3. The number of phenols is 1. The maximum atomic E-state index is 12.9. The van der Waals surface area contributed by atoms with Gasteiger partial charge in [-0.1, -0.05) is 24.3 Å². The van der Waals surface area contributed by atoms with Crippen LogP contribution in [-0.2, 0) is 6.18 Å². The number of phenolic OH excluding ortho intramolecular Hbond substituents is 1. The number of rotatable bonds is 1. The summed E-state index contributed by atoms with van der Waals surface area (Å²) in [7, 11) is 0. The summed E-state index contributed by atoms with van der Waals surface area (Å²) in [5.41, 5.74) is 0.436. The van der Waals surface area contributed by atoms with Gasteiger partial charge in [-0.3, -0.25) is 0 Å². The lowest BCUT2D eigenvalue weighted by atomic mass is 9.98. The van der Waals surface area contributed by atoms with E-state index in [0.29, 0.717) is 11.1 Å². The Hall–Kier alpha value is -1.97. The molecular formula is C14H11F3O. The molecule has 2 aromatic rings. The van der Waals surface area contributed by atoms with E-state index in [9.17, 15) is 18.3 Å². The average Bonchev–Trinajstić information content (AvgIpc) is 2.32. The Morgan fingerprint density at radius 1 is 1.00 bits per heavy atom. The monoisotopic (exact) mass is 252 g/mol. The molecule has 18 heavy (non-hydrogen) atoms. The summed E-state index contributed by atoms with van der Waals surface area (Å²) < 4.78 is 38.6. The van der Waals surface area contributed by atoms with E-state index in [2.05, 4.69) is 0 Å². The van der Waals surface area contributed by atoms with Crippen molar-refractivity contribution < 1.29 is 18.3 Å². The van der Waals surface area contributed by atoms with Gasteiger partial charge in [0.25, 0.3) is 0 Å². The van der Waals surface area contributed by atoms with Gasteiger partial charge in [-0.15, -0.1) is 0 Å². The summed E-state index contributed by atoms with van der Waals surface area (Å²) in [6.07, 6.45) is -4.39. The van der Waals surface area contributed by atoms with Crippen LogP contribution in [0.15, 0.2) is 42.5 Å². The minimum atomic E-state index is -4.39. The zero-order valence-corrected chi connectivity index (χ0v) is 9.62. The average molecular weight is 252 g/mol. The zero-order valence-electron chi connectivity index (χ0n) is 9.62. The predicted octanol–water partition coefficient (Wildman–Crippen LogP) is 4.39. The number of benzene rings is 2. The molecule has 1 nitrogen and oxygen atoms in total. The highest BCUT2D eigenvalue weighted by atomic mass is 19.4. The van der Waals surface area contributed by atoms with E-state index in [1.165, 1.54) is 24.3 Å². The lowest BCUT2D eigenvalue weighted by Gasteiger charge is -2.13. The molecule has 0 aromatic heterocycles. The highest BCUT2D eigenvalue weighted by molar-refractivity contribution is 5.69. The number of alkyl halides is 3. The summed E-state index contributed by atoms with van der Waals surface area (Å²) in [4.78, 5) is 0. The maximum Gasteiger partial charge on any atom is 0.417 e. The van der Waals surface area contributed by atoms with E-state index in [-0.39, 0.29) is 11.3 Å². The fraction of sp³-hybridized carbons (Fsp3) is 0.143. The van der Waals surface area contributed by atoms with Gasteiger partial charge in [0.2, 0.25) is 0 Å². The van der Waals surface area contributed by atoms with Crippen molar-refractivity contribution in [3.63, 3.8) is 0 Å². The number of aromatic hydroxyl groups is 1. The van der Waals surface area contributed by atoms with Gasteiger partial charge >= 0.3 is 6.18 Å². The van der Waals surface area contributed by atoms with Gasteiger partial charge in [0.05, 0.1) is 5.56 Å². The molecule has 0 heterocycles. The topological polar surface area (TPSA) is 20.2 Å². The van der Waals surface area contributed by atoms with E-state index < -0.39 is 11.7 Å². The van der Waals surface area contributed by atoms with E-state index in [4.69, 9.17) is 0 Å². The van der Waals surface area contributed by atoms with Crippen LogP contribution in [0.5, 0.6) is 5.75 Å². The number of halogens is 3. The molecule has 0 fully saturated rings. The van der Waals surface area contributed by atoms with Gasteiger partial charge in [-0.25, -0.2) is 0 Å². The molecule has 0 unspecified atom stereocenters. The standard InChI is InChI=1S/C14H11F3O/c1-9-8-10(6-7-13(9)18)11-4-2-3-5-12(11)14(15,16)17/h2-8,18H,1H3. The second-order valence-corrected chi connectivity index (χ2v) is 4.04. The van der Waals surface area contributed by atoms with Crippen molar-refractivity contribution >= 4 is 0 Å². The Morgan fingerprint density at radius 2 is 1.67 bits per heavy atom. The molecule has 0 radical (unpaired) electrons. The van der Waals surface area contributed by atoms with Crippen LogP contribution in [0.4, 0.5) is 13.2 Å².